The molecule has 128 valence electrons. The quantitative estimate of drug-likeness (QED) is 0.650. The van der Waals surface area contributed by atoms with Crippen LogP contribution in [0, 0.1) is 5.92 Å². The highest BCUT2D eigenvalue weighted by Crippen LogP contribution is 2.47. The third-order valence-corrected chi connectivity index (χ3v) is 4.31. The van der Waals surface area contributed by atoms with Crippen molar-refractivity contribution in [1.82, 2.24) is 5.43 Å². The van der Waals surface area contributed by atoms with Gasteiger partial charge in [0.1, 0.15) is 0 Å². The van der Waals surface area contributed by atoms with Crippen LogP contribution < -0.4 is 10.7 Å². The van der Waals surface area contributed by atoms with Crippen LogP contribution in [-0.4, -0.2) is 17.5 Å². The number of amides is 2. The molecule has 1 fully saturated rings. The van der Waals surface area contributed by atoms with Crippen LogP contribution in [0.4, 0.5) is 5.69 Å². The molecular weight excluding hydrogens is 314 g/mol. The van der Waals surface area contributed by atoms with Gasteiger partial charge in [0.2, 0.25) is 11.8 Å². The molecule has 5 nitrogen and oxygen atoms in total. The number of hydrazone groups is 1. The molecule has 0 spiro atoms. The molecule has 5 heteroatoms. The van der Waals surface area contributed by atoms with Gasteiger partial charge in [0.25, 0.3) is 0 Å². The van der Waals surface area contributed by atoms with E-state index in [9.17, 15) is 9.59 Å². The molecule has 2 aromatic rings. The average molecular weight is 335 g/mol. The Hall–Kier alpha value is -2.95. The zero-order valence-electron chi connectivity index (χ0n) is 14.3. The van der Waals surface area contributed by atoms with Crippen LogP contribution in [0.5, 0.6) is 0 Å². The van der Waals surface area contributed by atoms with Gasteiger partial charge in [-0.05, 0) is 42.5 Å². The Morgan fingerprint density at radius 1 is 1.00 bits per heavy atom. The van der Waals surface area contributed by atoms with E-state index in [0.717, 1.165) is 23.4 Å². The number of carbonyl (C=O) groups is 2. The lowest BCUT2D eigenvalue weighted by atomic mass is 10.1. The van der Waals surface area contributed by atoms with E-state index in [2.05, 4.69) is 28.0 Å². The maximum atomic E-state index is 12.2. The summed E-state index contributed by atoms with van der Waals surface area (Å²) in [6.45, 7) is 3.31. The molecular formula is C20H21N3O2. The molecule has 1 saturated carbocycles. The van der Waals surface area contributed by atoms with Crippen molar-refractivity contribution in [1.29, 1.82) is 0 Å². The molecule has 0 heterocycles. The summed E-state index contributed by atoms with van der Waals surface area (Å²) in [6.07, 6.45) is 0.871. The minimum Gasteiger partial charge on any atom is -0.326 e. The van der Waals surface area contributed by atoms with Crippen molar-refractivity contribution in [3.05, 3.63) is 65.7 Å². The first kappa shape index (κ1) is 16.9. The standard InChI is InChI=1S/C20H21N3O2/c1-13(15-8-10-17(11-9-15)21-14(2)24)22-23-20(25)19-12-18(19)16-6-4-3-5-7-16/h3-11,18-19H,12H2,1-2H3,(H,21,24)(H,23,25)/t18-,19+/m1/s1. The largest absolute Gasteiger partial charge is 0.326 e. The molecule has 0 bridgehead atoms. The van der Waals surface area contributed by atoms with Crippen molar-refractivity contribution >= 4 is 23.2 Å². The van der Waals surface area contributed by atoms with Gasteiger partial charge >= 0.3 is 0 Å². The monoisotopic (exact) mass is 335 g/mol. The number of benzene rings is 2. The minimum atomic E-state index is -0.109. The van der Waals surface area contributed by atoms with E-state index >= 15 is 0 Å². The van der Waals surface area contributed by atoms with E-state index in [4.69, 9.17) is 0 Å². The number of nitrogens with one attached hydrogen (secondary N) is 2. The summed E-state index contributed by atoms with van der Waals surface area (Å²) < 4.78 is 0. The molecule has 2 atom stereocenters. The normalized spacial score (nSPS) is 19.2. The van der Waals surface area contributed by atoms with E-state index in [1.807, 2.05) is 49.4 Å². The zero-order valence-corrected chi connectivity index (χ0v) is 14.3. The minimum absolute atomic E-state index is 0.00101. The zero-order chi connectivity index (χ0) is 17.8. The van der Waals surface area contributed by atoms with Crippen LogP contribution in [-0.2, 0) is 9.59 Å². The molecule has 3 rings (SSSR count). The summed E-state index contributed by atoms with van der Waals surface area (Å²) in [4.78, 5) is 23.3. The molecule has 25 heavy (non-hydrogen) atoms. The molecule has 0 unspecified atom stereocenters. The third kappa shape index (κ3) is 4.32. The lowest BCUT2D eigenvalue weighted by molar-refractivity contribution is -0.122. The third-order valence-electron chi connectivity index (χ3n) is 4.31. The molecule has 0 saturated heterocycles. The number of rotatable bonds is 5. The average Bonchev–Trinajstić information content (AvgIpc) is 3.41. The van der Waals surface area contributed by atoms with Gasteiger partial charge in [0.05, 0.1) is 5.71 Å². The summed E-state index contributed by atoms with van der Waals surface area (Å²) in [5, 5.41) is 6.92. The highest BCUT2D eigenvalue weighted by Gasteiger charge is 2.43. The van der Waals surface area contributed by atoms with Gasteiger partial charge in [-0.1, -0.05) is 42.5 Å². The van der Waals surface area contributed by atoms with Crippen LogP contribution in [0.1, 0.15) is 37.3 Å². The first-order chi connectivity index (χ1) is 12.0. The van der Waals surface area contributed by atoms with Gasteiger partial charge < -0.3 is 5.32 Å². The van der Waals surface area contributed by atoms with Crippen molar-refractivity contribution in [2.45, 2.75) is 26.2 Å². The summed E-state index contributed by atoms with van der Waals surface area (Å²) in [6, 6.07) is 17.4. The van der Waals surface area contributed by atoms with Gasteiger partial charge in [-0.2, -0.15) is 5.10 Å². The maximum absolute atomic E-state index is 12.2. The van der Waals surface area contributed by atoms with Crippen LogP contribution in [0.15, 0.2) is 59.7 Å². The predicted molar refractivity (Wildman–Crippen MR) is 98.4 cm³/mol. The fourth-order valence-corrected chi connectivity index (χ4v) is 2.84. The summed E-state index contributed by atoms with van der Waals surface area (Å²) in [7, 11) is 0. The number of carbonyl (C=O) groups excluding carboxylic acids is 2. The predicted octanol–water partition coefficient (Wildman–Crippen LogP) is 3.29. The number of hydrogen-bond donors (Lipinski definition) is 2. The SMILES string of the molecule is CC(=O)Nc1ccc(C(C)=NNC(=O)[C@H]2C[C@@H]2c2ccccc2)cc1. The number of anilines is 1. The summed E-state index contributed by atoms with van der Waals surface area (Å²) in [5.41, 5.74) is 6.22. The highest BCUT2D eigenvalue weighted by molar-refractivity contribution is 6.00. The van der Waals surface area contributed by atoms with Gasteiger partial charge in [0, 0.05) is 18.5 Å². The van der Waals surface area contributed by atoms with E-state index in [0.29, 0.717) is 5.92 Å². The van der Waals surface area contributed by atoms with E-state index in [1.54, 1.807) is 0 Å². The van der Waals surface area contributed by atoms with Gasteiger partial charge in [-0.25, -0.2) is 5.43 Å². The molecule has 1 aliphatic carbocycles. The molecule has 2 N–H and O–H groups in total. The van der Waals surface area contributed by atoms with Crippen molar-refractivity contribution in [2.75, 3.05) is 5.32 Å². The fraction of sp³-hybridized carbons (Fsp3) is 0.250. The van der Waals surface area contributed by atoms with Crippen molar-refractivity contribution < 1.29 is 9.59 Å². The Balaban J connectivity index is 1.56. The highest BCUT2D eigenvalue weighted by atomic mass is 16.2. The molecule has 0 radical (unpaired) electrons. The second-order valence-corrected chi connectivity index (χ2v) is 6.29. The van der Waals surface area contributed by atoms with Crippen molar-refractivity contribution in [2.24, 2.45) is 11.0 Å². The van der Waals surface area contributed by atoms with Crippen molar-refractivity contribution in [3.63, 3.8) is 0 Å². The van der Waals surface area contributed by atoms with Crippen LogP contribution in [0.25, 0.3) is 0 Å². The van der Waals surface area contributed by atoms with Gasteiger partial charge in [0.15, 0.2) is 0 Å². The molecule has 0 aliphatic heterocycles. The van der Waals surface area contributed by atoms with Crippen LogP contribution in [0.3, 0.4) is 0 Å². The number of hydrogen-bond acceptors (Lipinski definition) is 3. The molecule has 0 aromatic heterocycles. The molecule has 2 aromatic carbocycles. The smallest absolute Gasteiger partial charge is 0.243 e. The Kier molecular flexibility index (Phi) is 4.93. The molecule has 2 amide bonds. The maximum Gasteiger partial charge on any atom is 0.243 e. The van der Waals surface area contributed by atoms with E-state index in [1.165, 1.54) is 12.5 Å². The number of nitrogens with zero attached hydrogens (tertiary/aromatic N) is 1. The summed E-state index contributed by atoms with van der Waals surface area (Å²) in [5.74, 6) is 0.153. The fourth-order valence-electron chi connectivity index (χ4n) is 2.84. The van der Waals surface area contributed by atoms with Crippen LogP contribution >= 0.6 is 0 Å². The first-order valence-corrected chi connectivity index (χ1v) is 8.31. The van der Waals surface area contributed by atoms with E-state index < -0.39 is 0 Å². The Morgan fingerprint density at radius 2 is 1.68 bits per heavy atom. The van der Waals surface area contributed by atoms with E-state index in [-0.39, 0.29) is 17.7 Å². The topological polar surface area (TPSA) is 70.6 Å². The van der Waals surface area contributed by atoms with Gasteiger partial charge in [-0.15, -0.1) is 0 Å². The Labute approximate surface area is 147 Å². The summed E-state index contributed by atoms with van der Waals surface area (Å²) >= 11 is 0. The lowest BCUT2D eigenvalue weighted by Gasteiger charge is -2.05. The van der Waals surface area contributed by atoms with Crippen molar-refractivity contribution in [3.8, 4) is 0 Å². The lowest BCUT2D eigenvalue weighted by Crippen LogP contribution is -2.21. The van der Waals surface area contributed by atoms with Gasteiger partial charge in [-0.3, -0.25) is 9.59 Å². The molecule has 1 aliphatic rings. The Morgan fingerprint density at radius 3 is 2.32 bits per heavy atom. The van der Waals surface area contributed by atoms with Crippen LogP contribution in [0.2, 0.25) is 0 Å². The second-order valence-electron chi connectivity index (χ2n) is 6.29. The Bertz CT molecular complexity index is 797. The second kappa shape index (κ2) is 7.30. The first-order valence-electron chi connectivity index (χ1n) is 8.31.